The van der Waals surface area contributed by atoms with Crippen molar-refractivity contribution in [3.8, 4) is 0 Å². The van der Waals surface area contributed by atoms with Crippen molar-refractivity contribution in [3.63, 3.8) is 0 Å². The van der Waals surface area contributed by atoms with Crippen LogP contribution in [0.1, 0.15) is 26.3 Å². The lowest BCUT2D eigenvalue weighted by atomic mass is 9.87. The highest BCUT2D eigenvalue weighted by molar-refractivity contribution is 7.89. The van der Waals surface area contributed by atoms with Gasteiger partial charge in [-0.05, 0) is 23.1 Å². The molecule has 18 heavy (non-hydrogen) atoms. The second kappa shape index (κ2) is 4.64. The van der Waals surface area contributed by atoms with Crippen LogP contribution in [0, 0.1) is 0 Å². The molecule has 0 amide bonds. The molecule has 1 aromatic carbocycles. The molecule has 100 valence electrons. The van der Waals surface area contributed by atoms with Gasteiger partial charge in [-0.2, -0.15) is 4.31 Å². The maximum atomic E-state index is 12.2. The Balaban J connectivity index is 2.29. The Morgan fingerprint density at radius 3 is 2.22 bits per heavy atom. The van der Waals surface area contributed by atoms with Crippen molar-refractivity contribution in [2.24, 2.45) is 0 Å². The van der Waals surface area contributed by atoms with Crippen LogP contribution >= 0.6 is 0 Å². The van der Waals surface area contributed by atoms with Crippen molar-refractivity contribution in [2.75, 3.05) is 19.9 Å². The second-order valence-electron chi connectivity index (χ2n) is 5.49. The molecule has 1 aromatic rings. The van der Waals surface area contributed by atoms with Crippen LogP contribution in [0.2, 0.25) is 0 Å². The number of nitrogens with zero attached hydrogens (tertiary/aromatic N) is 1. The summed E-state index contributed by atoms with van der Waals surface area (Å²) in [7, 11) is -3.39. The van der Waals surface area contributed by atoms with E-state index in [0.717, 1.165) is 5.56 Å². The second-order valence-corrected chi connectivity index (χ2v) is 7.43. The van der Waals surface area contributed by atoms with Gasteiger partial charge in [0, 0.05) is 6.54 Å². The largest absolute Gasteiger partial charge is 0.364 e. The molecule has 1 aliphatic rings. The van der Waals surface area contributed by atoms with Crippen LogP contribution in [-0.2, 0) is 20.2 Å². The zero-order valence-electron chi connectivity index (χ0n) is 11.0. The van der Waals surface area contributed by atoms with Gasteiger partial charge in [-0.1, -0.05) is 32.9 Å². The van der Waals surface area contributed by atoms with E-state index in [4.69, 9.17) is 4.74 Å². The maximum absolute atomic E-state index is 12.2. The minimum atomic E-state index is -3.39. The minimum absolute atomic E-state index is 0.0268. The molecule has 0 atom stereocenters. The van der Waals surface area contributed by atoms with Crippen molar-refractivity contribution in [1.82, 2.24) is 4.31 Å². The average molecular weight is 269 g/mol. The van der Waals surface area contributed by atoms with E-state index in [9.17, 15) is 8.42 Å². The molecule has 0 aromatic heterocycles. The lowest BCUT2D eigenvalue weighted by Gasteiger charge is -2.20. The highest BCUT2D eigenvalue weighted by Gasteiger charge is 2.28. The van der Waals surface area contributed by atoms with E-state index in [2.05, 4.69) is 20.8 Å². The quantitative estimate of drug-likeness (QED) is 0.824. The Kier molecular flexibility index (Phi) is 3.49. The molecule has 1 saturated heterocycles. The molecule has 1 aliphatic heterocycles. The summed E-state index contributed by atoms with van der Waals surface area (Å²) in [6, 6.07) is 7.11. The van der Waals surface area contributed by atoms with Gasteiger partial charge in [0.05, 0.1) is 11.5 Å². The molecule has 1 fully saturated rings. The summed E-state index contributed by atoms with van der Waals surface area (Å²) in [6.45, 7) is 7.37. The number of rotatable bonds is 2. The molecule has 0 aliphatic carbocycles. The van der Waals surface area contributed by atoms with Crippen LogP contribution < -0.4 is 0 Å². The monoisotopic (exact) mass is 269 g/mol. The van der Waals surface area contributed by atoms with E-state index < -0.39 is 10.0 Å². The van der Waals surface area contributed by atoms with Gasteiger partial charge in [-0.3, -0.25) is 0 Å². The molecule has 0 unspecified atom stereocenters. The van der Waals surface area contributed by atoms with Crippen LogP contribution in [0.4, 0.5) is 0 Å². The lowest BCUT2D eigenvalue weighted by molar-refractivity contribution is 0.172. The van der Waals surface area contributed by atoms with Crippen molar-refractivity contribution < 1.29 is 13.2 Å². The van der Waals surface area contributed by atoms with Crippen LogP contribution in [0.25, 0.3) is 0 Å². The average Bonchev–Trinajstić information content (AvgIpc) is 2.82. The van der Waals surface area contributed by atoms with Crippen LogP contribution in [0.5, 0.6) is 0 Å². The van der Waals surface area contributed by atoms with Crippen molar-refractivity contribution in [2.45, 2.75) is 31.1 Å². The fourth-order valence-electron chi connectivity index (χ4n) is 1.86. The summed E-state index contributed by atoms with van der Waals surface area (Å²) in [5.41, 5.74) is 1.15. The summed E-state index contributed by atoms with van der Waals surface area (Å²) >= 11 is 0. The maximum Gasteiger partial charge on any atom is 0.245 e. The van der Waals surface area contributed by atoms with Gasteiger partial charge in [-0.25, -0.2) is 8.42 Å². The van der Waals surface area contributed by atoms with Gasteiger partial charge in [-0.15, -0.1) is 0 Å². The molecule has 1 heterocycles. The van der Waals surface area contributed by atoms with Gasteiger partial charge >= 0.3 is 0 Å². The van der Waals surface area contributed by atoms with Gasteiger partial charge in [0.1, 0.15) is 6.73 Å². The van der Waals surface area contributed by atoms with Gasteiger partial charge < -0.3 is 4.74 Å². The molecule has 4 nitrogen and oxygen atoms in total. The first-order valence-electron chi connectivity index (χ1n) is 6.00. The molecule has 0 radical (unpaired) electrons. The third-order valence-corrected chi connectivity index (χ3v) is 4.91. The first-order valence-corrected chi connectivity index (χ1v) is 7.44. The Morgan fingerprint density at radius 1 is 1.17 bits per heavy atom. The Morgan fingerprint density at radius 2 is 1.78 bits per heavy atom. The number of hydrogen-bond donors (Lipinski definition) is 0. The standard InChI is InChI=1S/C13H19NO3S/c1-13(2,3)11-4-6-12(7-5-11)18(15,16)14-8-9-17-10-14/h4-7H,8-10H2,1-3H3. The Bertz CT molecular complexity index is 508. The highest BCUT2D eigenvalue weighted by Crippen LogP contribution is 2.25. The van der Waals surface area contributed by atoms with E-state index in [1.165, 1.54) is 4.31 Å². The van der Waals surface area contributed by atoms with Crippen molar-refractivity contribution >= 4 is 10.0 Å². The van der Waals surface area contributed by atoms with Crippen molar-refractivity contribution in [1.29, 1.82) is 0 Å². The number of hydrogen-bond acceptors (Lipinski definition) is 3. The first kappa shape index (κ1) is 13.5. The number of ether oxygens (including phenoxy) is 1. The predicted octanol–water partition coefficient (Wildman–Crippen LogP) is 1.96. The molecule has 0 saturated carbocycles. The third-order valence-electron chi connectivity index (χ3n) is 3.08. The topological polar surface area (TPSA) is 46.6 Å². The fourth-order valence-corrected chi connectivity index (χ4v) is 3.17. The lowest BCUT2D eigenvalue weighted by Crippen LogP contribution is -2.28. The van der Waals surface area contributed by atoms with Gasteiger partial charge in [0.25, 0.3) is 0 Å². The zero-order chi connectivity index (χ0) is 13.4. The molecule has 0 bridgehead atoms. The summed E-state index contributed by atoms with van der Waals surface area (Å²) in [6.07, 6.45) is 0. The van der Waals surface area contributed by atoms with Crippen LogP contribution in [-0.4, -0.2) is 32.6 Å². The van der Waals surface area contributed by atoms with Crippen LogP contribution in [0.15, 0.2) is 29.2 Å². The predicted molar refractivity (Wildman–Crippen MR) is 69.9 cm³/mol. The van der Waals surface area contributed by atoms with E-state index in [1.807, 2.05) is 12.1 Å². The molecule has 2 rings (SSSR count). The van der Waals surface area contributed by atoms with E-state index in [1.54, 1.807) is 12.1 Å². The molecule has 5 heteroatoms. The highest BCUT2D eigenvalue weighted by atomic mass is 32.2. The smallest absolute Gasteiger partial charge is 0.245 e. The zero-order valence-corrected chi connectivity index (χ0v) is 11.8. The molecular formula is C13H19NO3S. The summed E-state index contributed by atoms with van der Waals surface area (Å²) in [5.74, 6) is 0. The molecule has 0 N–H and O–H groups in total. The molecular weight excluding hydrogens is 250 g/mol. The summed E-state index contributed by atoms with van der Waals surface area (Å²) in [4.78, 5) is 0.334. The SMILES string of the molecule is CC(C)(C)c1ccc(S(=O)(=O)N2CCOC2)cc1. The Hall–Kier alpha value is -0.910. The summed E-state index contributed by atoms with van der Waals surface area (Å²) in [5, 5.41) is 0. The summed E-state index contributed by atoms with van der Waals surface area (Å²) < 4.78 is 30.9. The normalized spacial score (nSPS) is 18.2. The minimum Gasteiger partial charge on any atom is -0.364 e. The van der Waals surface area contributed by atoms with E-state index in [0.29, 0.717) is 18.0 Å². The van der Waals surface area contributed by atoms with Gasteiger partial charge in [0.2, 0.25) is 10.0 Å². The fraction of sp³-hybridized carbons (Fsp3) is 0.538. The number of sulfonamides is 1. The Labute approximate surface area is 109 Å². The van der Waals surface area contributed by atoms with Crippen LogP contribution in [0.3, 0.4) is 0 Å². The van der Waals surface area contributed by atoms with Gasteiger partial charge in [0.15, 0.2) is 0 Å². The number of benzene rings is 1. The third kappa shape index (κ3) is 2.58. The van der Waals surface area contributed by atoms with E-state index >= 15 is 0 Å². The molecule has 0 spiro atoms. The van der Waals surface area contributed by atoms with E-state index in [-0.39, 0.29) is 12.1 Å². The first-order chi connectivity index (χ1) is 8.32. The van der Waals surface area contributed by atoms with Crippen molar-refractivity contribution in [3.05, 3.63) is 29.8 Å².